The van der Waals surface area contributed by atoms with Crippen LogP contribution >= 0.6 is 23.8 Å². The van der Waals surface area contributed by atoms with Crippen LogP contribution in [0.3, 0.4) is 0 Å². The third-order valence-corrected chi connectivity index (χ3v) is 4.69. The van der Waals surface area contributed by atoms with Gasteiger partial charge in [0.1, 0.15) is 5.84 Å². The molecule has 3 N–H and O–H groups in total. The lowest BCUT2D eigenvalue weighted by molar-refractivity contribution is 0.858. The summed E-state index contributed by atoms with van der Waals surface area (Å²) in [7, 11) is 0. The maximum Gasteiger partial charge on any atom is 0.189 e. The molecule has 3 aromatic carbocycles. The number of amidine groups is 1. The normalized spacial score (nSPS) is 12.7. The van der Waals surface area contributed by atoms with Gasteiger partial charge in [-0.3, -0.25) is 15.8 Å². The van der Waals surface area contributed by atoms with Crippen molar-refractivity contribution in [1.82, 2.24) is 10.9 Å². The summed E-state index contributed by atoms with van der Waals surface area (Å²) < 4.78 is 0. The van der Waals surface area contributed by atoms with Gasteiger partial charge in [0.15, 0.2) is 5.11 Å². The number of thiocarbonyl (C=S) groups is 1. The summed E-state index contributed by atoms with van der Waals surface area (Å²) in [6, 6.07) is 25.3. The van der Waals surface area contributed by atoms with Crippen molar-refractivity contribution in [2.24, 2.45) is 9.98 Å². The molecule has 144 valence electrons. The number of hydrazine groups is 1. The highest BCUT2D eigenvalue weighted by Crippen LogP contribution is 2.28. The van der Waals surface area contributed by atoms with Gasteiger partial charge in [0.2, 0.25) is 0 Å². The Kier molecular flexibility index (Phi) is 5.84. The van der Waals surface area contributed by atoms with Crippen LogP contribution < -0.4 is 16.2 Å². The Morgan fingerprint density at radius 2 is 1.66 bits per heavy atom. The van der Waals surface area contributed by atoms with Crippen LogP contribution in [0.4, 0.5) is 11.4 Å². The van der Waals surface area contributed by atoms with E-state index in [1.807, 2.05) is 78.9 Å². The van der Waals surface area contributed by atoms with E-state index in [-0.39, 0.29) is 0 Å². The molecule has 1 aliphatic heterocycles. The summed E-state index contributed by atoms with van der Waals surface area (Å²) in [6.07, 6.45) is 0. The number of hydrogen-bond acceptors (Lipinski definition) is 4. The van der Waals surface area contributed by atoms with Crippen molar-refractivity contribution in [1.29, 1.82) is 0 Å². The Morgan fingerprint density at radius 3 is 2.41 bits per heavy atom. The predicted octanol–water partition coefficient (Wildman–Crippen LogP) is 4.71. The number of aliphatic imine (C=N–C) groups is 2. The molecule has 1 heterocycles. The fourth-order valence-corrected chi connectivity index (χ4v) is 3.28. The summed E-state index contributed by atoms with van der Waals surface area (Å²) >= 11 is 11.6. The Bertz CT molecular complexity index is 1080. The zero-order valence-corrected chi connectivity index (χ0v) is 17.0. The Labute approximate surface area is 179 Å². The van der Waals surface area contributed by atoms with Gasteiger partial charge in [-0.2, -0.15) is 0 Å². The van der Waals surface area contributed by atoms with Gasteiger partial charge in [-0.05, 0) is 42.5 Å². The summed E-state index contributed by atoms with van der Waals surface area (Å²) in [4.78, 5) is 9.50. The molecule has 0 radical (unpaired) electrons. The minimum Gasteiger partial charge on any atom is -0.331 e. The van der Waals surface area contributed by atoms with E-state index < -0.39 is 0 Å². The van der Waals surface area contributed by atoms with E-state index in [0.717, 1.165) is 28.2 Å². The Balaban J connectivity index is 1.54. The van der Waals surface area contributed by atoms with Crippen molar-refractivity contribution < 1.29 is 0 Å². The molecule has 5 nitrogen and oxygen atoms in total. The highest BCUT2D eigenvalue weighted by atomic mass is 35.5. The van der Waals surface area contributed by atoms with Crippen LogP contribution in [0, 0.1) is 0 Å². The number of anilines is 1. The minimum absolute atomic E-state index is 0.372. The maximum absolute atomic E-state index is 6.24. The number of hydrogen-bond donors (Lipinski definition) is 3. The number of rotatable bonds is 2. The smallest absolute Gasteiger partial charge is 0.189 e. The van der Waals surface area contributed by atoms with Gasteiger partial charge in [0.05, 0.1) is 17.9 Å². The fourth-order valence-electron chi connectivity index (χ4n) is 2.94. The standard InChI is InChI=1S/C22H18ClN5S/c23-16-11-12-19-18(13-16)21(15-7-3-1-4-8-15)24-14-20(26-19)27-28-22(29)25-17-9-5-2-6-10-17/h1-13H,14H2,(H,26,27)(H2,25,28,29). The summed E-state index contributed by atoms with van der Waals surface area (Å²) in [5.41, 5.74) is 10.5. The van der Waals surface area contributed by atoms with Crippen LogP contribution in [0.25, 0.3) is 0 Å². The molecular weight excluding hydrogens is 402 g/mol. The molecule has 29 heavy (non-hydrogen) atoms. The van der Waals surface area contributed by atoms with Crippen LogP contribution in [0.5, 0.6) is 0 Å². The van der Waals surface area contributed by atoms with Gasteiger partial charge in [-0.15, -0.1) is 0 Å². The number of para-hydroxylation sites is 1. The van der Waals surface area contributed by atoms with E-state index in [2.05, 4.69) is 16.2 Å². The number of benzene rings is 3. The molecule has 0 aliphatic carbocycles. The lowest BCUT2D eigenvalue weighted by Gasteiger charge is -2.13. The molecule has 0 fully saturated rings. The summed E-state index contributed by atoms with van der Waals surface area (Å²) in [5.74, 6) is 0.650. The quantitative estimate of drug-likeness (QED) is 0.415. The first kappa shape index (κ1) is 19.1. The van der Waals surface area contributed by atoms with Crippen molar-refractivity contribution in [2.45, 2.75) is 0 Å². The average molecular weight is 420 g/mol. The van der Waals surface area contributed by atoms with Crippen LogP contribution in [-0.4, -0.2) is 23.2 Å². The van der Waals surface area contributed by atoms with E-state index in [1.165, 1.54) is 0 Å². The SMILES string of the molecule is S=C(NNC1=Nc2ccc(Cl)cc2C(c2ccccc2)=NC1)Nc1ccccc1. The van der Waals surface area contributed by atoms with Crippen molar-refractivity contribution in [2.75, 3.05) is 11.9 Å². The maximum atomic E-state index is 6.24. The third-order valence-electron chi connectivity index (χ3n) is 4.26. The molecule has 0 bridgehead atoms. The molecule has 0 saturated carbocycles. The largest absolute Gasteiger partial charge is 0.331 e. The molecule has 0 saturated heterocycles. The molecule has 0 unspecified atom stereocenters. The first-order valence-corrected chi connectivity index (χ1v) is 9.83. The van der Waals surface area contributed by atoms with E-state index in [0.29, 0.717) is 22.5 Å². The van der Waals surface area contributed by atoms with Gasteiger partial charge in [0.25, 0.3) is 0 Å². The number of nitrogens with zero attached hydrogens (tertiary/aromatic N) is 2. The molecule has 0 aromatic heterocycles. The van der Waals surface area contributed by atoms with Gasteiger partial charge >= 0.3 is 0 Å². The Morgan fingerprint density at radius 1 is 0.931 bits per heavy atom. The van der Waals surface area contributed by atoms with Gasteiger partial charge in [-0.1, -0.05) is 60.1 Å². The van der Waals surface area contributed by atoms with Crippen molar-refractivity contribution >= 4 is 51.9 Å². The van der Waals surface area contributed by atoms with Crippen molar-refractivity contribution in [3.8, 4) is 0 Å². The van der Waals surface area contributed by atoms with Crippen LogP contribution in [0.2, 0.25) is 5.02 Å². The summed E-state index contributed by atoms with van der Waals surface area (Å²) in [5, 5.41) is 4.19. The van der Waals surface area contributed by atoms with Crippen LogP contribution in [0.1, 0.15) is 11.1 Å². The number of halogens is 1. The van der Waals surface area contributed by atoms with E-state index in [1.54, 1.807) is 0 Å². The highest BCUT2D eigenvalue weighted by molar-refractivity contribution is 7.80. The van der Waals surface area contributed by atoms with E-state index >= 15 is 0 Å². The van der Waals surface area contributed by atoms with Gasteiger partial charge < -0.3 is 5.32 Å². The topological polar surface area (TPSA) is 60.8 Å². The van der Waals surface area contributed by atoms with Gasteiger partial charge in [0, 0.05) is 21.8 Å². The molecule has 1 aliphatic rings. The van der Waals surface area contributed by atoms with Crippen molar-refractivity contribution in [3.05, 3.63) is 95.0 Å². The molecule has 0 spiro atoms. The predicted molar refractivity (Wildman–Crippen MR) is 124 cm³/mol. The lowest BCUT2D eigenvalue weighted by Crippen LogP contribution is -2.44. The first-order valence-electron chi connectivity index (χ1n) is 9.04. The zero-order chi connectivity index (χ0) is 20.1. The molecule has 0 atom stereocenters. The monoisotopic (exact) mass is 419 g/mol. The molecular formula is C22H18ClN5S. The number of nitrogens with one attached hydrogen (secondary N) is 3. The zero-order valence-electron chi connectivity index (χ0n) is 15.4. The molecule has 3 aromatic rings. The second kappa shape index (κ2) is 8.86. The van der Waals surface area contributed by atoms with Crippen LogP contribution in [0.15, 0.2) is 88.8 Å². The van der Waals surface area contributed by atoms with Gasteiger partial charge in [-0.25, -0.2) is 4.99 Å². The van der Waals surface area contributed by atoms with Crippen molar-refractivity contribution in [3.63, 3.8) is 0 Å². The fraction of sp³-hybridized carbons (Fsp3) is 0.0455. The number of fused-ring (bicyclic) bond motifs is 1. The lowest BCUT2D eigenvalue weighted by atomic mass is 10.0. The third kappa shape index (κ3) is 4.80. The van der Waals surface area contributed by atoms with Crippen LogP contribution in [-0.2, 0) is 0 Å². The second-order valence-corrected chi connectivity index (χ2v) is 7.17. The van der Waals surface area contributed by atoms with E-state index in [4.69, 9.17) is 33.8 Å². The Hall–Kier alpha value is -3.22. The average Bonchev–Trinajstić information content (AvgIpc) is 2.92. The summed E-state index contributed by atoms with van der Waals surface area (Å²) in [6.45, 7) is 0.372. The second-order valence-electron chi connectivity index (χ2n) is 6.32. The highest BCUT2D eigenvalue weighted by Gasteiger charge is 2.16. The molecule has 4 rings (SSSR count). The molecule has 7 heteroatoms. The minimum atomic E-state index is 0.372. The molecule has 0 amide bonds. The first-order chi connectivity index (χ1) is 14.2. The van der Waals surface area contributed by atoms with E-state index in [9.17, 15) is 0 Å².